The molecular formula is C13H21Cl2MgOSi. The summed E-state index contributed by atoms with van der Waals surface area (Å²) in [7, 11) is 8.12. The Morgan fingerprint density at radius 1 is 1.11 bits per heavy atom. The van der Waals surface area contributed by atoms with Crippen LogP contribution in [0.3, 0.4) is 0 Å². The summed E-state index contributed by atoms with van der Waals surface area (Å²) < 4.78 is 6.13. The molecule has 0 saturated heterocycles. The van der Waals surface area contributed by atoms with Gasteiger partial charge in [0.2, 0.25) is 8.32 Å². The molecule has 1 rings (SSSR count). The van der Waals surface area contributed by atoms with Gasteiger partial charge in [0.1, 0.15) is 5.75 Å². The predicted octanol–water partition coefficient (Wildman–Crippen LogP) is 5.25. The summed E-state index contributed by atoms with van der Waals surface area (Å²) in [4.78, 5) is 0. The molecule has 1 nitrogen and oxygen atoms in total. The summed E-state index contributed by atoms with van der Waals surface area (Å²) in [5, 5.41) is 0.246. The van der Waals surface area contributed by atoms with Gasteiger partial charge in [-0.25, -0.2) is 0 Å². The highest BCUT2D eigenvalue weighted by Gasteiger charge is 2.38. The molecule has 0 unspecified atom stereocenters. The van der Waals surface area contributed by atoms with E-state index in [9.17, 15) is 0 Å². The van der Waals surface area contributed by atoms with Crippen LogP contribution in [0.25, 0.3) is 0 Å². The number of hydrogen-bond acceptors (Lipinski definition) is 1. The van der Waals surface area contributed by atoms with Crippen LogP contribution < -0.4 is 4.43 Å². The molecule has 0 amide bonds. The minimum absolute atomic E-state index is 0.246. The van der Waals surface area contributed by atoms with Gasteiger partial charge in [-0.1, -0.05) is 32.9 Å². The van der Waals surface area contributed by atoms with Crippen molar-refractivity contribution < 1.29 is 4.43 Å². The van der Waals surface area contributed by atoms with E-state index in [4.69, 9.17) is 22.6 Å². The van der Waals surface area contributed by atoms with E-state index in [0.717, 1.165) is 11.3 Å². The molecule has 0 aliphatic heterocycles. The van der Waals surface area contributed by atoms with Gasteiger partial charge in [-0.2, -0.15) is 0 Å². The Balaban J connectivity index is 0.000000873. The van der Waals surface area contributed by atoms with Gasteiger partial charge >= 0.3 is 18.2 Å². The zero-order chi connectivity index (χ0) is 14.4. The average molecular weight is 317 g/mol. The van der Waals surface area contributed by atoms with Crippen molar-refractivity contribution in [1.29, 1.82) is 0 Å². The molecule has 0 aliphatic carbocycles. The maximum absolute atomic E-state index is 6.13. The third kappa shape index (κ3) is 6.66. The fourth-order valence-corrected chi connectivity index (χ4v) is 2.04. The average Bonchev–Trinajstić information content (AvgIpc) is 2.20. The quantitative estimate of drug-likeness (QED) is 0.677. The molecule has 18 heavy (non-hydrogen) atoms. The van der Waals surface area contributed by atoms with Crippen LogP contribution >= 0.6 is 18.1 Å². The number of hydrogen-bond donors (Lipinski definition) is 0. The normalized spacial score (nSPS) is 11.1. The highest BCUT2D eigenvalue weighted by molar-refractivity contribution is 7.22. The molecule has 1 aromatic rings. The summed E-state index contributed by atoms with van der Waals surface area (Å²) >= 11 is -0.639. The Morgan fingerprint density at radius 3 is 1.83 bits per heavy atom. The highest BCUT2D eigenvalue weighted by atomic mass is 35.6. The van der Waals surface area contributed by atoms with Crippen molar-refractivity contribution >= 4 is 44.6 Å². The van der Waals surface area contributed by atoms with E-state index in [2.05, 4.69) is 40.8 Å². The van der Waals surface area contributed by atoms with E-state index in [1.165, 1.54) is 0 Å². The van der Waals surface area contributed by atoms with Crippen molar-refractivity contribution in [2.24, 2.45) is 0 Å². The maximum atomic E-state index is 6.13. The molecule has 0 spiro atoms. The standard InChI is InChI=1S/C13H21OSi.2ClH.Mg/c1-11-7-9-12(10-8-11)14-15(5,6)13(2,3)4;;;/h7-10H,1H2,2-6H3;2*1H;/q;;;+2/p-2. The fraction of sp³-hybridized carbons (Fsp3) is 0.462. The van der Waals surface area contributed by atoms with Crippen molar-refractivity contribution in [1.82, 2.24) is 0 Å². The zero-order valence-corrected chi connectivity index (χ0v) is 15.8. The minimum atomic E-state index is -1.68. The van der Waals surface area contributed by atoms with E-state index in [0.29, 0.717) is 0 Å². The van der Waals surface area contributed by atoms with Gasteiger partial charge in [-0.15, -0.1) is 0 Å². The largest absolute Gasteiger partial charge is 0.618 e. The second kappa shape index (κ2) is 8.00. The molecular weight excluding hydrogens is 295 g/mol. The Hall–Kier alpha value is 0.583. The lowest BCUT2D eigenvalue weighted by Gasteiger charge is -2.36. The Labute approximate surface area is 130 Å². The number of halogens is 2. The molecule has 0 aromatic heterocycles. The van der Waals surface area contributed by atoms with E-state index in [1.54, 1.807) is 0 Å². The predicted molar refractivity (Wildman–Crippen MR) is 86.2 cm³/mol. The van der Waals surface area contributed by atoms with Crippen LogP contribution in [0, 0.1) is 6.92 Å². The van der Waals surface area contributed by atoms with Crippen LogP contribution in [0.4, 0.5) is 0 Å². The van der Waals surface area contributed by atoms with Gasteiger partial charge in [0.15, 0.2) is 0 Å². The summed E-state index contributed by atoms with van der Waals surface area (Å²) in [6, 6.07) is 7.98. The van der Waals surface area contributed by atoms with Gasteiger partial charge in [0.05, 0.1) is 0 Å². The van der Waals surface area contributed by atoms with Crippen molar-refractivity contribution in [3.8, 4) is 5.75 Å². The van der Waals surface area contributed by atoms with Crippen molar-refractivity contribution in [3.05, 3.63) is 36.8 Å². The molecule has 0 bridgehead atoms. The van der Waals surface area contributed by atoms with E-state index in [1.807, 2.05) is 24.3 Å². The second-order valence-corrected chi connectivity index (χ2v) is 13.0. The third-order valence-electron chi connectivity index (χ3n) is 3.10. The second-order valence-electron chi connectivity index (χ2n) is 5.61. The van der Waals surface area contributed by atoms with Crippen molar-refractivity contribution in [3.63, 3.8) is 0 Å². The summed E-state index contributed by atoms with van der Waals surface area (Å²) in [6.07, 6.45) is 0. The van der Waals surface area contributed by atoms with E-state index >= 15 is 0 Å². The first-order valence-electron chi connectivity index (χ1n) is 5.87. The van der Waals surface area contributed by atoms with Crippen LogP contribution in [0.1, 0.15) is 26.3 Å². The first-order valence-corrected chi connectivity index (χ1v) is 13.1. The van der Waals surface area contributed by atoms with Crippen LogP contribution in [-0.2, 0) is 0 Å². The first-order chi connectivity index (χ1) is 8.14. The Kier molecular flexibility index (Phi) is 8.26. The molecule has 0 fully saturated rings. The molecule has 0 atom stereocenters. The minimum Gasteiger partial charge on any atom is -0.544 e. The van der Waals surface area contributed by atoms with Crippen LogP contribution in [0.15, 0.2) is 24.3 Å². The van der Waals surface area contributed by atoms with Crippen molar-refractivity contribution in [2.45, 2.75) is 38.9 Å². The Bertz CT molecular complexity index is 347. The molecule has 0 N–H and O–H groups in total. The summed E-state index contributed by atoms with van der Waals surface area (Å²) in [5.41, 5.74) is 1.03. The van der Waals surface area contributed by atoms with E-state index < -0.39 is 26.5 Å². The first kappa shape index (κ1) is 18.6. The molecule has 99 valence electrons. The van der Waals surface area contributed by atoms with Gasteiger partial charge in [0, 0.05) is 0 Å². The fourth-order valence-electron chi connectivity index (χ4n) is 1.01. The molecule has 5 heteroatoms. The summed E-state index contributed by atoms with van der Waals surface area (Å²) in [5.74, 6) is 0.967. The molecule has 0 aliphatic rings. The van der Waals surface area contributed by atoms with Crippen molar-refractivity contribution in [2.75, 3.05) is 0 Å². The van der Waals surface area contributed by atoms with Crippen LogP contribution in [0.5, 0.6) is 5.75 Å². The zero-order valence-electron chi connectivity index (χ0n) is 11.9. The monoisotopic (exact) mass is 315 g/mol. The maximum Gasteiger partial charge on any atom is 0.618 e. The Morgan fingerprint density at radius 2 is 1.50 bits per heavy atom. The van der Waals surface area contributed by atoms with Gasteiger partial charge < -0.3 is 22.6 Å². The molecule has 1 radical (unpaired) electrons. The van der Waals surface area contributed by atoms with E-state index in [-0.39, 0.29) is 5.04 Å². The topological polar surface area (TPSA) is 9.23 Å². The smallest absolute Gasteiger partial charge is 0.544 e. The lowest BCUT2D eigenvalue weighted by atomic mass is 10.2. The molecule has 0 heterocycles. The van der Waals surface area contributed by atoms with Gasteiger partial charge in [-0.05, 0) is 42.8 Å². The molecule has 0 saturated carbocycles. The molecule has 1 aromatic carbocycles. The highest BCUT2D eigenvalue weighted by Crippen LogP contribution is 2.37. The van der Waals surface area contributed by atoms with Crippen LogP contribution in [0.2, 0.25) is 18.1 Å². The third-order valence-corrected chi connectivity index (χ3v) is 7.46. The number of rotatable bonds is 2. The lowest BCUT2D eigenvalue weighted by molar-refractivity contribution is 0.492. The summed E-state index contributed by atoms with van der Waals surface area (Å²) in [6.45, 7) is 15.1. The van der Waals surface area contributed by atoms with Crippen LogP contribution in [-0.4, -0.2) is 26.5 Å². The van der Waals surface area contributed by atoms with Gasteiger partial charge in [0.25, 0.3) is 0 Å². The van der Waals surface area contributed by atoms with Gasteiger partial charge in [-0.3, -0.25) is 0 Å². The lowest BCUT2D eigenvalue weighted by Crippen LogP contribution is -2.43. The number of benzene rings is 1. The SMILES string of the molecule is [CH2]c1ccc(O[Si](C)(C)C(C)(C)C)cc1.[Cl][Mg][Cl].